The predicted octanol–water partition coefficient (Wildman–Crippen LogP) is 5.47. The summed E-state index contributed by atoms with van der Waals surface area (Å²) in [6.07, 6.45) is 4.20. The summed E-state index contributed by atoms with van der Waals surface area (Å²) in [5.41, 5.74) is 2.79. The molecule has 0 spiro atoms. The molecule has 1 N–H and O–H groups in total. The second-order valence-electron chi connectivity index (χ2n) is 8.49. The number of benzene rings is 2. The first kappa shape index (κ1) is 24.4. The van der Waals surface area contributed by atoms with Crippen LogP contribution in [0.4, 0.5) is 0 Å². The minimum Gasteiger partial charge on any atom is -0.483 e. The van der Waals surface area contributed by atoms with Gasteiger partial charge in [-0.3, -0.25) is 9.59 Å². The van der Waals surface area contributed by atoms with Crippen LogP contribution in [-0.2, 0) is 16.1 Å². The van der Waals surface area contributed by atoms with Gasteiger partial charge in [-0.1, -0.05) is 54.2 Å². The van der Waals surface area contributed by atoms with Gasteiger partial charge in [-0.2, -0.15) is 0 Å². The molecule has 172 valence electrons. The molecular formula is C25H30Cl2N2O3. The molecule has 1 aliphatic carbocycles. The fraction of sp³-hybridized carbons (Fsp3) is 0.440. The molecule has 0 saturated heterocycles. The van der Waals surface area contributed by atoms with E-state index >= 15 is 0 Å². The Hall–Kier alpha value is -2.24. The maximum absolute atomic E-state index is 13.2. The predicted molar refractivity (Wildman–Crippen MR) is 128 cm³/mol. The van der Waals surface area contributed by atoms with Gasteiger partial charge in [-0.05, 0) is 68.5 Å². The van der Waals surface area contributed by atoms with E-state index in [9.17, 15) is 9.59 Å². The van der Waals surface area contributed by atoms with Gasteiger partial charge in [-0.15, -0.1) is 0 Å². The number of nitrogens with zero attached hydrogens (tertiary/aromatic N) is 1. The SMILES string of the molecule is Cc1ccc(C)c(OCC(=O)N(Cc2ccc(Cl)c(Cl)c2)[C@H](C)C(=O)NC2CCCC2)c1. The van der Waals surface area contributed by atoms with E-state index in [-0.39, 0.29) is 31.0 Å². The first-order valence-corrected chi connectivity index (χ1v) is 11.7. The van der Waals surface area contributed by atoms with Crippen molar-refractivity contribution in [1.29, 1.82) is 0 Å². The largest absolute Gasteiger partial charge is 0.483 e. The Kier molecular flexibility index (Phi) is 8.44. The Morgan fingerprint density at radius 1 is 1.09 bits per heavy atom. The van der Waals surface area contributed by atoms with Gasteiger partial charge in [0.1, 0.15) is 11.8 Å². The van der Waals surface area contributed by atoms with E-state index in [4.69, 9.17) is 27.9 Å². The Bertz CT molecular complexity index is 974. The topological polar surface area (TPSA) is 58.6 Å². The molecular weight excluding hydrogens is 447 g/mol. The molecule has 0 radical (unpaired) electrons. The van der Waals surface area contributed by atoms with Crippen LogP contribution in [0.25, 0.3) is 0 Å². The van der Waals surface area contributed by atoms with E-state index < -0.39 is 6.04 Å². The van der Waals surface area contributed by atoms with Crippen LogP contribution in [0.2, 0.25) is 10.0 Å². The molecule has 2 amide bonds. The molecule has 1 aliphatic rings. The summed E-state index contributed by atoms with van der Waals surface area (Å²) in [5, 5.41) is 3.94. The summed E-state index contributed by atoms with van der Waals surface area (Å²) in [6.45, 7) is 5.72. The highest BCUT2D eigenvalue weighted by atomic mass is 35.5. The van der Waals surface area contributed by atoms with E-state index in [2.05, 4.69) is 5.32 Å². The van der Waals surface area contributed by atoms with Gasteiger partial charge in [0.15, 0.2) is 6.61 Å². The Labute approximate surface area is 200 Å². The lowest BCUT2D eigenvalue weighted by Gasteiger charge is -2.30. The highest BCUT2D eigenvalue weighted by Gasteiger charge is 2.29. The number of nitrogens with one attached hydrogen (secondary N) is 1. The highest BCUT2D eigenvalue weighted by Crippen LogP contribution is 2.24. The van der Waals surface area contributed by atoms with Crippen LogP contribution < -0.4 is 10.1 Å². The molecule has 1 saturated carbocycles. The lowest BCUT2D eigenvalue weighted by Crippen LogP contribution is -2.50. The van der Waals surface area contributed by atoms with Crippen LogP contribution >= 0.6 is 23.2 Å². The molecule has 3 rings (SSSR count). The van der Waals surface area contributed by atoms with Gasteiger partial charge in [0, 0.05) is 12.6 Å². The number of rotatable bonds is 8. The minimum atomic E-state index is -0.653. The number of hydrogen-bond donors (Lipinski definition) is 1. The van der Waals surface area contributed by atoms with Gasteiger partial charge in [0.25, 0.3) is 5.91 Å². The summed E-state index contributed by atoms with van der Waals surface area (Å²) in [5.74, 6) is 0.235. The molecule has 0 heterocycles. The summed E-state index contributed by atoms with van der Waals surface area (Å²) < 4.78 is 5.83. The Morgan fingerprint density at radius 3 is 2.50 bits per heavy atom. The van der Waals surface area contributed by atoms with Gasteiger partial charge < -0.3 is 15.0 Å². The maximum atomic E-state index is 13.2. The van der Waals surface area contributed by atoms with Crippen molar-refractivity contribution in [3.63, 3.8) is 0 Å². The lowest BCUT2D eigenvalue weighted by atomic mass is 10.1. The van der Waals surface area contributed by atoms with Crippen molar-refractivity contribution in [3.8, 4) is 5.75 Å². The van der Waals surface area contributed by atoms with Gasteiger partial charge in [0.2, 0.25) is 5.91 Å². The minimum absolute atomic E-state index is 0.156. The first-order chi connectivity index (χ1) is 15.2. The first-order valence-electron chi connectivity index (χ1n) is 11.0. The summed E-state index contributed by atoms with van der Waals surface area (Å²) in [6, 6.07) is 10.6. The average Bonchev–Trinajstić information content (AvgIpc) is 3.27. The van der Waals surface area contributed by atoms with Gasteiger partial charge in [-0.25, -0.2) is 0 Å². The molecule has 2 aromatic carbocycles. The van der Waals surface area contributed by atoms with Crippen molar-refractivity contribution >= 4 is 35.0 Å². The molecule has 2 aromatic rings. The summed E-state index contributed by atoms with van der Waals surface area (Å²) in [4.78, 5) is 27.7. The maximum Gasteiger partial charge on any atom is 0.261 e. The fourth-order valence-electron chi connectivity index (χ4n) is 3.89. The molecule has 1 fully saturated rings. The van der Waals surface area contributed by atoms with Crippen molar-refractivity contribution in [3.05, 3.63) is 63.1 Å². The molecule has 7 heteroatoms. The van der Waals surface area contributed by atoms with Crippen molar-refractivity contribution in [2.45, 2.75) is 65.1 Å². The smallest absolute Gasteiger partial charge is 0.261 e. The van der Waals surface area contributed by atoms with Crippen LogP contribution in [0.1, 0.15) is 49.3 Å². The number of amides is 2. The third-order valence-corrected chi connectivity index (χ3v) is 6.64. The Balaban J connectivity index is 1.76. The zero-order chi connectivity index (χ0) is 23.3. The van der Waals surface area contributed by atoms with Crippen molar-refractivity contribution in [2.75, 3.05) is 6.61 Å². The standard InChI is InChI=1S/C25H30Cl2N2O3/c1-16-8-9-17(2)23(12-16)32-15-24(30)29(14-19-10-11-21(26)22(27)13-19)18(3)25(31)28-20-6-4-5-7-20/h8-13,18,20H,4-7,14-15H2,1-3H3,(H,28,31)/t18-/m1/s1. The van der Waals surface area contributed by atoms with E-state index in [1.54, 1.807) is 19.1 Å². The molecule has 32 heavy (non-hydrogen) atoms. The molecule has 0 aliphatic heterocycles. The zero-order valence-corrected chi connectivity index (χ0v) is 20.3. The van der Waals surface area contributed by atoms with Crippen molar-refractivity contribution in [1.82, 2.24) is 10.2 Å². The third kappa shape index (κ3) is 6.39. The quantitative estimate of drug-likeness (QED) is 0.549. The molecule has 0 aromatic heterocycles. The third-order valence-electron chi connectivity index (χ3n) is 5.90. The van der Waals surface area contributed by atoms with Crippen LogP contribution in [0.15, 0.2) is 36.4 Å². The monoisotopic (exact) mass is 476 g/mol. The Morgan fingerprint density at radius 2 is 1.81 bits per heavy atom. The average molecular weight is 477 g/mol. The fourth-order valence-corrected chi connectivity index (χ4v) is 4.22. The van der Waals surface area contributed by atoms with Crippen LogP contribution in [0.3, 0.4) is 0 Å². The van der Waals surface area contributed by atoms with Crippen LogP contribution in [0, 0.1) is 13.8 Å². The summed E-state index contributed by atoms with van der Waals surface area (Å²) >= 11 is 12.2. The van der Waals surface area contributed by atoms with Gasteiger partial charge in [0.05, 0.1) is 10.0 Å². The second-order valence-corrected chi connectivity index (χ2v) is 9.31. The molecule has 5 nitrogen and oxygen atoms in total. The van der Waals surface area contributed by atoms with Crippen LogP contribution in [-0.4, -0.2) is 35.4 Å². The van der Waals surface area contributed by atoms with Gasteiger partial charge >= 0.3 is 0 Å². The molecule has 0 unspecified atom stereocenters. The van der Waals surface area contributed by atoms with E-state index in [0.717, 1.165) is 42.4 Å². The lowest BCUT2D eigenvalue weighted by molar-refractivity contribution is -0.142. The molecule has 0 bridgehead atoms. The number of carbonyl (C=O) groups is 2. The highest BCUT2D eigenvalue weighted by molar-refractivity contribution is 6.42. The number of aryl methyl sites for hydroxylation is 2. The normalized spacial score (nSPS) is 14.8. The van der Waals surface area contributed by atoms with Crippen molar-refractivity contribution < 1.29 is 14.3 Å². The number of carbonyl (C=O) groups excluding carboxylic acids is 2. The number of ether oxygens (including phenoxy) is 1. The zero-order valence-electron chi connectivity index (χ0n) is 18.8. The van der Waals surface area contributed by atoms with Crippen molar-refractivity contribution in [2.24, 2.45) is 0 Å². The summed E-state index contributed by atoms with van der Waals surface area (Å²) in [7, 11) is 0. The number of halogens is 2. The van der Waals surface area contributed by atoms with E-state index in [0.29, 0.717) is 15.8 Å². The van der Waals surface area contributed by atoms with E-state index in [1.807, 2.05) is 38.1 Å². The van der Waals surface area contributed by atoms with E-state index in [1.165, 1.54) is 4.90 Å². The number of hydrogen-bond acceptors (Lipinski definition) is 3. The molecule has 1 atom stereocenters. The van der Waals surface area contributed by atoms with Crippen LogP contribution in [0.5, 0.6) is 5.75 Å². The second kappa shape index (κ2) is 11.1.